The maximum atomic E-state index is 5.54. The van der Waals surface area contributed by atoms with E-state index in [0.29, 0.717) is 0 Å². The second kappa shape index (κ2) is 8.54. The van der Waals surface area contributed by atoms with Crippen LogP contribution in [-0.2, 0) is 4.74 Å². The molecule has 0 bridgehead atoms. The van der Waals surface area contributed by atoms with Crippen LogP contribution in [0.15, 0.2) is 0 Å². The first-order valence-corrected chi connectivity index (χ1v) is 6.99. The molecule has 2 nitrogen and oxygen atoms in total. The van der Waals surface area contributed by atoms with Crippen molar-refractivity contribution < 1.29 is 4.74 Å². The lowest BCUT2D eigenvalue weighted by Gasteiger charge is -2.25. The summed E-state index contributed by atoms with van der Waals surface area (Å²) in [5.74, 6) is 0.739. The van der Waals surface area contributed by atoms with Crippen LogP contribution in [0.1, 0.15) is 40.5 Å². The van der Waals surface area contributed by atoms with Gasteiger partial charge in [-0.15, -0.1) is 0 Å². The monoisotopic (exact) mass is 279 g/mol. The highest BCUT2D eigenvalue weighted by Gasteiger charge is 2.14. The van der Waals surface area contributed by atoms with E-state index in [0.717, 1.165) is 43.8 Å². The van der Waals surface area contributed by atoms with Crippen molar-refractivity contribution in [2.45, 2.75) is 46.1 Å². The molecule has 0 aliphatic heterocycles. The van der Waals surface area contributed by atoms with Crippen LogP contribution in [0.2, 0.25) is 0 Å². The molecule has 0 radical (unpaired) electrons. The topological polar surface area (TPSA) is 21.3 Å². The summed E-state index contributed by atoms with van der Waals surface area (Å²) in [5, 5.41) is 4.54. The molecule has 15 heavy (non-hydrogen) atoms. The summed E-state index contributed by atoms with van der Waals surface area (Å²) in [6.07, 6.45) is 2.30. The van der Waals surface area contributed by atoms with Gasteiger partial charge in [0.15, 0.2) is 0 Å². The third-order valence-electron chi connectivity index (χ3n) is 2.41. The summed E-state index contributed by atoms with van der Waals surface area (Å²) in [5.41, 5.74) is 0.213. The Hall–Kier alpha value is 0.400. The molecule has 0 heterocycles. The lowest BCUT2D eigenvalue weighted by atomic mass is 10.0. The molecule has 0 aromatic heterocycles. The highest BCUT2D eigenvalue weighted by Crippen LogP contribution is 2.09. The van der Waals surface area contributed by atoms with Gasteiger partial charge in [0.25, 0.3) is 0 Å². The van der Waals surface area contributed by atoms with Gasteiger partial charge in [-0.3, -0.25) is 0 Å². The van der Waals surface area contributed by atoms with Gasteiger partial charge in [-0.25, -0.2) is 0 Å². The van der Waals surface area contributed by atoms with E-state index >= 15 is 0 Å². The number of hydrogen-bond donors (Lipinski definition) is 1. The van der Waals surface area contributed by atoms with Crippen LogP contribution in [0.4, 0.5) is 0 Å². The Bertz CT molecular complexity index is 149. The maximum absolute atomic E-state index is 5.54. The van der Waals surface area contributed by atoms with Gasteiger partial charge in [0, 0.05) is 24.0 Å². The molecule has 0 fully saturated rings. The Morgan fingerprint density at radius 1 is 1.27 bits per heavy atom. The Balaban J connectivity index is 3.30. The van der Waals surface area contributed by atoms with E-state index in [1.165, 1.54) is 0 Å². The van der Waals surface area contributed by atoms with E-state index in [4.69, 9.17) is 4.74 Å². The van der Waals surface area contributed by atoms with Crippen LogP contribution in [0, 0.1) is 5.92 Å². The molecule has 0 aromatic carbocycles. The molecule has 92 valence electrons. The zero-order valence-electron chi connectivity index (χ0n) is 10.6. The van der Waals surface area contributed by atoms with Crippen LogP contribution < -0.4 is 5.32 Å². The van der Waals surface area contributed by atoms with Gasteiger partial charge in [0.2, 0.25) is 0 Å². The third-order valence-corrected chi connectivity index (χ3v) is 2.81. The highest BCUT2D eigenvalue weighted by atomic mass is 79.9. The first kappa shape index (κ1) is 15.4. The van der Waals surface area contributed by atoms with Crippen molar-refractivity contribution in [3.8, 4) is 0 Å². The minimum Gasteiger partial charge on any atom is -0.380 e. The van der Waals surface area contributed by atoms with Gasteiger partial charge in [0.1, 0.15) is 0 Å². The van der Waals surface area contributed by atoms with Crippen LogP contribution in [0.25, 0.3) is 0 Å². The highest BCUT2D eigenvalue weighted by molar-refractivity contribution is 9.09. The van der Waals surface area contributed by atoms with Crippen LogP contribution >= 0.6 is 15.9 Å². The number of nitrogens with one attached hydrogen (secondary N) is 1. The molecule has 0 amide bonds. The largest absolute Gasteiger partial charge is 0.380 e. The van der Waals surface area contributed by atoms with Crippen LogP contribution in [0.3, 0.4) is 0 Å². The zero-order valence-corrected chi connectivity index (χ0v) is 12.2. The number of rotatable bonds is 9. The summed E-state index contributed by atoms with van der Waals surface area (Å²) in [7, 11) is 0. The average Bonchev–Trinajstić information content (AvgIpc) is 2.10. The van der Waals surface area contributed by atoms with Gasteiger partial charge >= 0.3 is 0 Å². The second-order valence-electron chi connectivity index (χ2n) is 5.04. The number of halogens is 1. The minimum absolute atomic E-state index is 0.213. The Kier molecular flexibility index (Phi) is 8.77. The number of alkyl halides is 1. The van der Waals surface area contributed by atoms with Gasteiger partial charge in [-0.05, 0) is 32.6 Å². The fourth-order valence-electron chi connectivity index (χ4n) is 1.21. The fourth-order valence-corrected chi connectivity index (χ4v) is 2.20. The minimum atomic E-state index is 0.213. The molecule has 0 saturated heterocycles. The lowest BCUT2D eigenvalue weighted by Crippen LogP contribution is -2.41. The molecule has 0 aliphatic carbocycles. The molecule has 0 rings (SSSR count). The van der Waals surface area contributed by atoms with Crippen molar-refractivity contribution in [1.29, 1.82) is 0 Å². The van der Waals surface area contributed by atoms with Crippen molar-refractivity contribution in [1.82, 2.24) is 5.32 Å². The normalized spacial score (nSPS) is 12.4. The summed E-state index contributed by atoms with van der Waals surface area (Å²) in [6.45, 7) is 11.5. The van der Waals surface area contributed by atoms with Crippen molar-refractivity contribution in [3.05, 3.63) is 0 Å². The Morgan fingerprint density at radius 2 is 1.93 bits per heavy atom. The SMILES string of the molecule is CC(C)CCOCCNC(C)(C)CCBr. The van der Waals surface area contributed by atoms with Crippen LogP contribution in [-0.4, -0.2) is 30.6 Å². The van der Waals surface area contributed by atoms with Crippen LogP contribution in [0.5, 0.6) is 0 Å². The van der Waals surface area contributed by atoms with E-state index in [1.54, 1.807) is 0 Å². The zero-order chi connectivity index (χ0) is 11.7. The molecule has 0 aromatic rings. The molecule has 0 spiro atoms. The maximum Gasteiger partial charge on any atom is 0.0591 e. The molecule has 1 N–H and O–H groups in total. The molecule has 0 aliphatic rings. The third kappa shape index (κ3) is 10.7. The molecular weight excluding hydrogens is 254 g/mol. The number of hydrogen-bond acceptors (Lipinski definition) is 2. The standard InChI is InChI=1S/C12H26BrNO/c1-11(2)5-9-15-10-8-14-12(3,4)6-7-13/h11,14H,5-10H2,1-4H3. The van der Waals surface area contributed by atoms with E-state index < -0.39 is 0 Å². The predicted octanol–water partition coefficient (Wildman–Crippen LogP) is 3.20. The van der Waals surface area contributed by atoms with Gasteiger partial charge < -0.3 is 10.1 Å². The summed E-state index contributed by atoms with van der Waals surface area (Å²) < 4.78 is 5.54. The molecule has 0 atom stereocenters. The van der Waals surface area contributed by atoms with Gasteiger partial charge in [-0.1, -0.05) is 29.8 Å². The van der Waals surface area contributed by atoms with E-state index in [9.17, 15) is 0 Å². The smallest absolute Gasteiger partial charge is 0.0591 e. The van der Waals surface area contributed by atoms with E-state index in [-0.39, 0.29) is 5.54 Å². The van der Waals surface area contributed by atoms with Gasteiger partial charge in [-0.2, -0.15) is 0 Å². The molecule has 0 unspecified atom stereocenters. The quantitative estimate of drug-likeness (QED) is 0.517. The summed E-state index contributed by atoms with van der Waals surface area (Å²) >= 11 is 3.46. The Labute approximate surface area is 103 Å². The number of ether oxygens (including phenoxy) is 1. The Morgan fingerprint density at radius 3 is 2.47 bits per heavy atom. The molecular formula is C12H26BrNO. The first-order chi connectivity index (χ1) is 6.98. The van der Waals surface area contributed by atoms with Gasteiger partial charge in [0.05, 0.1) is 6.61 Å². The lowest BCUT2D eigenvalue weighted by molar-refractivity contribution is 0.119. The molecule has 3 heteroatoms. The van der Waals surface area contributed by atoms with E-state index in [2.05, 4.69) is 48.9 Å². The van der Waals surface area contributed by atoms with Crippen molar-refractivity contribution in [2.75, 3.05) is 25.1 Å². The summed E-state index contributed by atoms with van der Waals surface area (Å²) in [4.78, 5) is 0. The van der Waals surface area contributed by atoms with Crippen molar-refractivity contribution in [3.63, 3.8) is 0 Å². The predicted molar refractivity (Wildman–Crippen MR) is 70.8 cm³/mol. The van der Waals surface area contributed by atoms with Crippen molar-refractivity contribution in [2.24, 2.45) is 5.92 Å². The average molecular weight is 280 g/mol. The fraction of sp³-hybridized carbons (Fsp3) is 1.00. The van der Waals surface area contributed by atoms with E-state index in [1.807, 2.05) is 0 Å². The summed E-state index contributed by atoms with van der Waals surface area (Å²) in [6, 6.07) is 0. The van der Waals surface area contributed by atoms with Crippen molar-refractivity contribution >= 4 is 15.9 Å². The first-order valence-electron chi connectivity index (χ1n) is 5.86. The second-order valence-corrected chi connectivity index (χ2v) is 5.84. The molecule has 0 saturated carbocycles.